The fraction of sp³-hybridized carbons (Fsp3) is 0.391. The number of para-hydroxylation sites is 1. The van der Waals surface area contributed by atoms with Crippen LogP contribution < -0.4 is 0 Å². The highest BCUT2D eigenvalue weighted by molar-refractivity contribution is 5.85. The summed E-state index contributed by atoms with van der Waals surface area (Å²) in [5.41, 5.74) is 5.84. The summed E-state index contributed by atoms with van der Waals surface area (Å²) >= 11 is 0. The van der Waals surface area contributed by atoms with Gasteiger partial charge in [0.2, 0.25) is 0 Å². The van der Waals surface area contributed by atoms with Gasteiger partial charge in [-0.25, -0.2) is 0 Å². The third-order valence-electron chi connectivity index (χ3n) is 6.47. The van der Waals surface area contributed by atoms with Crippen LogP contribution >= 0.6 is 0 Å². The molecule has 0 radical (unpaired) electrons. The van der Waals surface area contributed by atoms with Gasteiger partial charge in [-0.3, -0.25) is 4.90 Å². The summed E-state index contributed by atoms with van der Waals surface area (Å²) < 4.78 is 0. The zero-order valence-electron chi connectivity index (χ0n) is 14.9. The predicted octanol–water partition coefficient (Wildman–Crippen LogP) is 4.94. The molecule has 2 heterocycles. The molecule has 2 heteroatoms. The first-order valence-corrected chi connectivity index (χ1v) is 9.71. The summed E-state index contributed by atoms with van der Waals surface area (Å²) in [7, 11) is 0. The molecule has 1 fully saturated rings. The van der Waals surface area contributed by atoms with Crippen LogP contribution in [0.1, 0.15) is 36.6 Å². The zero-order valence-corrected chi connectivity index (χ0v) is 14.9. The number of hydrogen-bond donors (Lipinski definition) is 1. The van der Waals surface area contributed by atoms with Gasteiger partial charge < -0.3 is 4.98 Å². The molecule has 2 aromatic carbocycles. The van der Waals surface area contributed by atoms with Gasteiger partial charge in [-0.2, -0.15) is 0 Å². The topological polar surface area (TPSA) is 19.0 Å². The van der Waals surface area contributed by atoms with Crippen molar-refractivity contribution >= 4 is 10.9 Å². The minimum absolute atomic E-state index is 0.686. The van der Waals surface area contributed by atoms with Gasteiger partial charge in [-0.1, -0.05) is 55.5 Å². The van der Waals surface area contributed by atoms with E-state index >= 15 is 0 Å². The standard InChI is InChI=1S/C23H26N2/c1-2-18-12-17-13-20-19-10-6-7-11-21(19)24-22(20)14-23(17)25(18)15-16-8-4-3-5-9-16/h3-11,17-18,23-24H,2,12-15H2,1H3/t17-,18-,23+/m1/s1. The van der Waals surface area contributed by atoms with Crippen molar-refractivity contribution in [2.24, 2.45) is 5.92 Å². The number of aromatic amines is 1. The lowest BCUT2D eigenvalue weighted by molar-refractivity contribution is 0.160. The Hall–Kier alpha value is -2.06. The first kappa shape index (κ1) is 15.2. The smallest absolute Gasteiger partial charge is 0.0458 e. The van der Waals surface area contributed by atoms with E-state index in [1.807, 2.05) is 0 Å². The summed E-state index contributed by atoms with van der Waals surface area (Å²) in [6.45, 7) is 3.45. The van der Waals surface area contributed by atoms with E-state index in [4.69, 9.17) is 0 Å². The van der Waals surface area contributed by atoms with Crippen LogP contribution in [0.4, 0.5) is 0 Å². The molecule has 0 bridgehead atoms. The molecule has 0 unspecified atom stereocenters. The maximum atomic E-state index is 3.72. The molecular weight excluding hydrogens is 304 g/mol. The zero-order chi connectivity index (χ0) is 16.8. The fourth-order valence-corrected chi connectivity index (χ4v) is 5.26. The van der Waals surface area contributed by atoms with Gasteiger partial charge >= 0.3 is 0 Å². The van der Waals surface area contributed by atoms with Crippen LogP contribution in [-0.2, 0) is 19.4 Å². The first-order valence-electron chi connectivity index (χ1n) is 9.71. The minimum atomic E-state index is 0.686. The molecule has 0 amide bonds. The molecule has 1 aliphatic carbocycles. The number of benzene rings is 2. The Morgan fingerprint density at radius 1 is 1.00 bits per heavy atom. The summed E-state index contributed by atoms with van der Waals surface area (Å²) in [4.78, 5) is 6.52. The minimum Gasteiger partial charge on any atom is -0.358 e. The summed E-state index contributed by atoms with van der Waals surface area (Å²) in [5.74, 6) is 0.806. The summed E-state index contributed by atoms with van der Waals surface area (Å²) in [6, 6.07) is 21.2. The quantitative estimate of drug-likeness (QED) is 0.721. The monoisotopic (exact) mass is 330 g/mol. The molecule has 1 aromatic heterocycles. The highest BCUT2D eigenvalue weighted by atomic mass is 15.2. The van der Waals surface area contributed by atoms with Crippen LogP contribution in [0.3, 0.4) is 0 Å². The Morgan fingerprint density at radius 3 is 2.64 bits per heavy atom. The van der Waals surface area contributed by atoms with Crippen LogP contribution in [0.15, 0.2) is 54.6 Å². The lowest BCUT2D eigenvalue weighted by atomic mass is 9.82. The second kappa shape index (κ2) is 6.03. The van der Waals surface area contributed by atoms with Crippen molar-refractivity contribution in [2.45, 2.75) is 51.2 Å². The Morgan fingerprint density at radius 2 is 1.80 bits per heavy atom. The maximum Gasteiger partial charge on any atom is 0.0458 e. The number of hydrogen-bond acceptors (Lipinski definition) is 1. The van der Waals surface area contributed by atoms with Gasteiger partial charge in [0.1, 0.15) is 0 Å². The summed E-state index contributed by atoms with van der Waals surface area (Å²) in [5, 5.41) is 1.45. The van der Waals surface area contributed by atoms with E-state index in [9.17, 15) is 0 Å². The molecule has 25 heavy (non-hydrogen) atoms. The second-order valence-corrected chi connectivity index (χ2v) is 7.82. The average molecular weight is 330 g/mol. The average Bonchev–Trinajstić information content (AvgIpc) is 3.18. The van der Waals surface area contributed by atoms with E-state index < -0.39 is 0 Å². The van der Waals surface area contributed by atoms with E-state index in [-0.39, 0.29) is 0 Å². The molecule has 2 nitrogen and oxygen atoms in total. The van der Waals surface area contributed by atoms with Crippen molar-refractivity contribution in [3.8, 4) is 0 Å². The lowest BCUT2D eigenvalue weighted by Gasteiger charge is -2.34. The molecule has 128 valence electrons. The van der Waals surface area contributed by atoms with Gasteiger partial charge in [-0.05, 0) is 42.4 Å². The van der Waals surface area contributed by atoms with Gasteiger partial charge in [0.05, 0.1) is 0 Å². The number of H-pyrrole nitrogens is 1. The van der Waals surface area contributed by atoms with Crippen molar-refractivity contribution < 1.29 is 0 Å². The van der Waals surface area contributed by atoms with E-state index in [0.717, 1.165) is 18.5 Å². The van der Waals surface area contributed by atoms with Crippen molar-refractivity contribution in [3.05, 3.63) is 71.4 Å². The van der Waals surface area contributed by atoms with Gasteiger partial charge in [0.15, 0.2) is 0 Å². The number of fused-ring (bicyclic) bond motifs is 4. The molecule has 1 N–H and O–H groups in total. The van der Waals surface area contributed by atoms with E-state index in [2.05, 4.69) is 71.4 Å². The predicted molar refractivity (Wildman–Crippen MR) is 104 cm³/mol. The Bertz CT molecular complexity index is 880. The summed E-state index contributed by atoms with van der Waals surface area (Å²) in [6.07, 6.45) is 5.03. The molecule has 3 aromatic rings. The number of nitrogens with one attached hydrogen (secondary N) is 1. The second-order valence-electron chi connectivity index (χ2n) is 7.82. The van der Waals surface area contributed by atoms with Crippen molar-refractivity contribution in [1.82, 2.24) is 9.88 Å². The van der Waals surface area contributed by atoms with E-state index in [1.165, 1.54) is 47.8 Å². The van der Waals surface area contributed by atoms with Crippen molar-refractivity contribution in [2.75, 3.05) is 0 Å². The van der Waals surface area contributed by atoms with Crippen LogP contribution in [0, 0.1) is 5.92 Å². The van der Waals surface area contributed by atoms with Crippen LogP contribution in [0.5, 0.6) is 0 Å². The Balaban J connectivity index is 1.48. The number of nitrogens with zero attached hydrogens (tertiary/aromatic N) is 1. The highest BCUT2D eigenvalue weighted by Crippen LogP contribution is 2.42. The van der Waals surface area contributed by atoms with Crippen LogP contribution in [-0.4, -0.2) is 22.0 Å². The fourth-order valence-electron chi connectivity index (χ4n) is 5.26. The number of likely N-dealkylation sites (tertiary alicyclic amines) is 1. The van der Waals surface area contributed by atoms with E-state index in [0.29, 0.717) is 6.04 Å². The molecule has 3 atom stereocenters. The molecule has 0 spiro atoms. The molecule has 5 rings (SSSR count). The van der Waals surface area contributed by atoms with Crippen LogP contribution in [0.2, 0.25) is 0 Å². The highest BCUT2D eigenvalue weighted by Gasteiger charge is 2.43. The Labute approximate surface area is 149 Å². The maximum absolute atomic E-state index is 3.72. The van der Waals surface area contributed by atoms with Gasteiger partial charge in [-0.15, -0.1) is 0 Å². The van der Waals surface area contributed by atoms with E-state index in [1.54, 1.807) is 5.56 Å². The molecular formula is C23H26N2. The molecule has 2 aliphatic rings. The van der Waals surface area contributed by atoms with Crippen molar-refractivity contribution in [1.29, 1.82) is 0 Å². The van der Waals surface area contributed by atoms with Gasteiger partial charge in [0.25, 0.3) is 0 Å². The third-order valence-corrected chi connectivity index (χ3v) is 6.47. The molecule has 1 saturated heterocycles. The molecule has 1 aliphatic heterocycles. The number of aromatic nitrogens is 1. The SMILES string of the molecule is CC[C@@H]1C[C@@H]2Cc3c([nH]c4ccccc34)C[C@@H]2N1Cc1ccccc1. The first-order chi connectivity index (χ1) is 12.3. The molecule has 0 saturated carbocycles. The largest absolute Gasteiger partial charge is 0.358 e. The normalized spacial score (nSPS) is 25.9. The third kappa shape index (κ3) is 2.51. The lowest BCUT2D eigenvalue weighted by Crippen LogP contribution is -2.40. The van der Waals surface area contributed by atoms with Crippen LogP contribution in [0.25, 0.3) is 10.9 Å². The Kier molecular flexibility index (Phi) is 3.67. The van der Waals surface area contributed by atoms with Crippen molar-refractivity contribution in [3.63, 3.8) is 0 Å². The number of rotatable bonds is 3. The van der Waals surface area contributed by atoms with Gasteiger partial charge in [0, 0.05) is 41.6 Å².